The molecule has 4 nitrogen and oxygen atoms in total. The number of carbonyl (C=O) groups is 1. The van der Waals surface area contributed by atoms with Crippen LogP contribution in [0.1, 0.15) is 6.92 Å². The lowest BCUT2D eigenvalue weighted by atomic mass is 10.3. The van der Waals surface area contributed by atoms with Gasteiger partial charge in [-0.25, -0.2) is 0 Å². The summed E-state index contributed by atoms with van der Waals surface area (Å²) in [6, 6.07) is 0.152. The second-order valence-corrected chi connectivity index (χ2v) is 3.78. The minimum absolute atomic E-state index is 0.0352. The van der Waals surface area contributed by atoms with Gasteiger partial charge in [-0.15, -0.1) is 11.6 Å². The monoisotopic (exact) mass is 220 g/mol. The van der Waals surface area contributed by atoms with E-state index in [-0.39, 0.29) is 17.8 Å². The standard InChI is InChI=1S/C9H17ClN2O2/c1-8(11-9(13)6-10)7-12-2-4-14-5-3-12/h8H,2-7H2,1H3,(H,11,13). The Morgan fingerprint density at radius 1 is 1.57 bits per heavy atom. The Hall–Kier alpha value is -0.320. The van der Waals surface area contributed by atoms with Crippen LogP contribution in [-0.4, -0.2) is 55.6 Å². The van der Waals surface area contributed by atoms with Gasteiger partial charge in [0.2, 0.25) is 5.91 Å². The van der Waals surface area contributed by atoms with E-state index in [1.165, 1.54) is 0 Å². The quantitative estimate of drug-likeness (QED) is 0.682. The highest BCUT2D eigenvalue weighted by Gasteiger charge is 2.14. The van der Waals surface area contributed by atoms with Crippen LogP contribution < -0.4 is 5.32 Å². The van der Waals surface area contributed by atoms with Gasteiger partial charge >= 0.3 is 0 Å². The number of rotatable bonds is 4. The van der Waals surface area contributed by atoms with Gasteiger partial charge in [-0.2, -0.15) is 0 Å². The lowest BCUT2D eigenvalue weighted by Gasteiger charge is -2.29. The second-order valence-electron chi connectivity index (χ2n) is 3.52. The van der Waals surface area contributed by atoms with Crippen molar-refractivity contribution in [1.29, 1.82) is 0 Å². The van der Waals surface area contributed by atoms with Gasteiger partial charge in [0.1, 0.15) is 5.88 Å². The Morgan fingerprint density at radius 3 is 2.79 bits per heavy atom. The van der Waals surface area contributed by atoms with E-state index < -0.39 is 0 Å². The molecule has 1 aliphatic heterocycles. The van der Waals surface area contributed by atoms with Gasteiger partial charge in [0.05, 0.1) is 13.2 Å². The van der Waals surface area contributed by atoms with Crippen LogP contribution in [0.3, 0.4) is 0 Å². The molecule has 1 rings (SSSR count). The maximum absolute atomic E-state index is 11.0. The molecule has 1 N–H and O–H groups in total. The van der Waals surface area contributed by atoms with Crippen molar-refractivity contribution in [3.8, 4) is 0 Å². The molecule has 5 heteroatoms. The molecule has 1 unspecified atom stereocenters. The number of alkyl halides is 1. The van der Waals surface area contributed by atoms with Gasteiger partial charge in [-0.05, 0) is 6.92 Å². The first-order valence-electron chi connectivity index (χ1n) is 4.88. The van der Waals surface area contributed by atoms with Crippen LogP contribution in [0.15, 0.2) is 0 Å². The molecular weight excluding hydrogens is 204 g/mol. The lowest BCUT2D eigenvalue weighted by Crippen LogP contribution is -2.46. The number of nitrogens with one attached hydrogen (secondary N) is 1. The van der Waals surface area contributed by atoms with Crippen molar-refractivity contribution in [3.63, 3.8) is 0 Å². The van der Waals surface area contributed by atoms with Gasteiger partial charge in [0, 0.05) is 25.7 Å². The van der Waals surface area contributed by atoms with Gasteiger partial charge in [-0.1, -0.05) is 0 Å². The molecule has 1 amide bonds. The lowest BCUT2D eigenvalue weighted by molar-refractivity contribution is -0.119. The molecule has 0 spiro atoms. The second kappa shape index (κ2) is 6.22. The molecule has 0 saturated carbocycles. The molecule has 0 aliphatic carbocycles. The average molecular weight is 221 g/mol. The first-order chi connectivity index (χ1) is 6.72. The Labute approximate surface area is 89.5 Å². The van der Waals surface area contributed by atoms with Crippen molar-refractivity contribution in [2.45, 2.75) is 13.0 Å². The van der Waals surface area contributed by atoms with Crippen molar-refractivity contribution in [2.75, 3.05) is 38.7 Å². The first-order valence-corrected chi connectivity index (χ1v) is 5.41. The minimum Gasteiger partial charge on any atom is -0.379 e. The highest BCUT2D eigenvalue weighted by Crippen LogP contribution is 1.98. The molecule has 1 aliphatic rings. The number of ether oxygens (including phenoxy) is 1. The number of carbonyl (C=O) groups excluding carboxylic acids is 1. The summed E-state index contributed by atoms with van der Waals surface area (Å²) in [5, 5.41) is 2.82. The topological polar surface area (TPSA) is 41.6 Å². The van der Waals surface area contributed by atoms with E-state index >= 15 is 0 Å². The third-order valence-electron chi connectivity index (χ3n) is 2.16. The Morgan fingerprint density at radius 2 is 2.21 bits per heavy atom. The number of morpholine rings is 1. The van der Waals surface area contributed by atoms with E-state index in [1.54, 1.807) is 0 Å². The molecule has 0 bridgehead atoms. The number of halogens is 1. The zero-order chi connectivity index (χ0) is 10.4. The Bertz CT molecular complexity index is 184. The largest absolute Gasteiger partial charge is 0.379 e. The molecule has 0 aromatic heterocycles. The predicted molar refractivity (Wildman–Crippen MR) is 55.6 cm³/mol. The zero-order valence-electron chi connectivity index (χ0n) is 8.46. The Kier molecular flexibility index (Phi) is 5.22. The summed E-state index contributed by atoms with van der Waals surface area (Å²) < 4.78 is 5.23. The highest BCUT2D eigenvalue weighted by atomic mass is 35.5. The van der Waals surface area contributed by atoms with E-state index in [9.17, 15) is 4.79 Å². The van der Waals surface area contributed by atoms with Crippen LogP contribution in [-0.2, 0) is 9.53 Å². The number of amides is 1. The molecule has 0 radical (unpaired) electrons. The average Bonchev–Trinajstić information content (AvgIpc) is 2.19. The summed E-state index contributed by atoms with van der Waals surface area (Å²) in [4.78, 5) is 13.3. The molecule has 1 saturated heterocycles. The molecule has 82 valence electrons. The Balaban J connectivity index is 2.18. The summed E-state index contributed by atoms with van der Waals surface area (Å²) in [6.07, 6.45) is 0. The molecule has 0 aromatic rings. The SMILES string of the molecule is CC(CN1CCOCC1)NC(=O)CCl. The highest BCUT2D eigenvalue weighted by molar-refractivity contribution is 6.27. The molecule has 1 heterocycles. The summed E-state index contributed by atoms with van der Waals surface area (Å²) in [6.45, 7) is 6.32. The molecule has 1 atom stereocenters. The zero-order valence-corrected chi connectivity index (χ0v) is 9.22. The van der Waals surface area contributed by atoms with Crippen molar-refractivity contribution in [1.82, 2.24) is 10.2 Å². The van der Waals surface area contributed by atoms with Gasteiger partial charge in [0.25, 0.3) is 0 Å². The summed E-state index contributed by atoms with van der Waals surface area (Å²) >= 11 is 5.39. The van der Waals surface area contributed by atoms with Crippen molar-refractivity contribution < 1.29 is 9.53 Å². The van der Waals surface area contributed by atoms with Gasteiger partial charge in [-0.3, -0.25) is 9.69 Å². The third kappa shape index (κ3) is 4.26. The molecule has 1 fully saturated rings. The fourth-order valence-corrected chi connectivity index (χ4v) is 1.61. The summed E-state index contributed by atoms with van der Waals surface area (Å²) in [5.41, 5.74) is 0. The molecular formula is C9H17ClN2O2. The van der Waals surface area contributed by atoms with E-state index in [0.29, 0.717) is 0 Å². The van der Waals surface area contributed by atoms with Crippen molar-refractivity contribution in [3.05, 3.63) is 0 Å². The normalized spacial score (nSPS) is 20.4. The third-order valence-corrected chi connectivity index (χ3v) is 2.41. The van der Waals surface area contributed by atoms with E-state index in [0.717, 1.165) is 32.8 Å². The van der Waals surface area contributed by atoms with Gasteiger partial charge in [0.15, 0.2) is 0 Å². The van der Waals surface area contributed by atoms with E-state index in [1.807, 2.05) is 6.92 Å². The van der Waals surface area contributed by atoms with Crippen LogP contribution in [0, 0.1) is 0 Å². The first kappa shape index (κ1) is 11.8. The molecule has 0 aromatic carbocycles. The predicted octanol–water partition coefficient (Wildman–Crippen LogP) is 0.0621. The van der Waals surface area contributed by atoms with Crippen LogP contribution in [0.25, 0.3) is 0 Å². The van der Waals surface area contributed by atoms with Crippen LogP contribution in [0.5, 0.6) is 0 Å². The number of hydrogen-bond acceptors (Lipinski definition) is 3. The van der Waals surface area contributed by atoms with E-state index in [2.05, 4.69) is 10.2 Å². The van der Waals surface area contributed by atoms with Crippen molar-refractivity contribution >= 4 is 17.5 Å². The number of nitrogens with zero attached hydrogens (tertiary/aromatic N) is 1. The minimum atomic E-state index is -0.104. The summed E-state index contributed by atoms with van der Waals surface area (Å²) in [7, 11) is 0. The number of hydrogen-bond donors (Lipinski definition) is 1. The van der Waals surface area contributed by atoms with Crippen LogP contribution in [0.2, 0.25) is 0 Å². The van der Waals surface area contributed by atoms with Gasteiger partial charge < -0.3 is 10.1 Å². The maximum Gasteiger partial charge on any atom is 0.235 e. The fourth-order valence-electron chi connectivity index (χ4n) is 1.53. The van der Waals surface area contributed by atoms with Crippen molar-refractivity contribution in [2.24, 2.45) is 0 Å². The van der Waals surface area contributed by atoms with Crippen LogP contribution in [0.4, 0.5) is 0 Å². The molecule has 14 heavy (non-hydrogen) atoms. The smallest absolute Gasteiger partial charge is 0.235 e. The van der Waals surface area contributed by atoms with E-state index in [4.69, 9.17) is 16.3 Å². The summed E-state index contributed by atoms with van der Waals surface area (Å²) in [5.74, 6) is -0.0691. The van der Waals surface area contributed by atoms with Crippen LogP contribution >= 0.6 is 11.6 Å². The maximum atomic E-state index is 11.0. The fraction of sp³-hybridized carbons (Fsp3) is 0.889.